The van der Waals surface area contributed by atoms with Crippen LogP contribution >= 0.6 is 11.6 Å². The molecule has 1 amide bonds. The largest absolute Gasteiger partial charge is 0.477 e. The van der Waals surface area contributed by atoms with E-state index in [4.69, 9.17) is 16.7 Å². The van der Waals surface area contributed by atoms with Gasteiger partial charge in [0.25, 0.3) is 0 Å². The molecular formula is C15H11ClN2O3. The van der Waals surface area contributed by atoms with Crippen LogP contribution in [0.5, 0.6) is 0 Å². The summed E-state index contributed by atoms with van der Waals surface area (Å²) in [4.78, 5) is 26.1. The summed E-state index contributed by atoms with van der Waals surface area (Å²) >= 11 is 5.76. The van der Waals surface area contributed by atoms with Crippen LogP contribution in [0.1, 0.15) is 16.1 Å². The summed E-state index contributed by atoms with van der Waals surface area (Å²) in [6.07, 6.45) is 4.30. The molecule has 1 aromatic heterocycles. The summed E-state index contributed by atoms with van der Waals surface area (Å²) in [5.74, 6) is -1.45. The number of carbonyl (C=O) groups excluding carboxylic acids is 1. The number of carbonyl (C=O) groups is 2. The lowest BCUT2D eigenvalue weighted by molar-refractivity contribution is -0.111. The van der Waals surface area contributed by atoms with Crippen LogP contribution in [0.4, 0.5) is 5.69 Å². The first-order chi connectivity index (χ1) is 10.0. The third kappa shape index (κ3) is 4.43. The van der Waals surface area contributed by atoms with Crippen LogP contribution in [0.15, 0.2) is 48.7 Å². The van der Waals surface area contributed by atoms with E-state index in [9.17, 15) is 9.59 Å². The zero-order valence-corrected chi connectivity index (χ0v) is 11.5. The number of hydrogen-bond donors (Lipinski definition) is 2. The molecule has 0 spiro atoms. The van der Waals surface area contributed by atoms with Crippen LogP contribution in [0.25, 0.3) is 6.08 Å². The van der Waals surface area contributed by atoms with E-state index in [0.717, 1.165) is 5.56 Å². The van der Waals surface area contributed by atoms with Gasteiger partial charge in [-0.15, -0.1) is 0 Å². The van der Waals surface area contributed by atoms with Gasteiger partial charge in [0.2, 0.25) is 5.91 Å². The van der Waals surface area contributed by atoms with E-state index in [2.05, 4.69) is 10.3 Å². The number of nitrogens with zero attached hydrogens (tertiary/aromatic N) is 1. The molecule has 21 heavy (non-hydrogen) atoms. The van der Waals surface area contributed by atoms with E-state index in [0.29, 0.717) is 10.7 Å². The molecule has 0 bridgehead atoms. The maximum atomic E-state index is 11.7. The number of amides is 1. The molecule has 0 saturated heterocycles. The van der Waals surface area contributed by atoms with E-state index < -0.39 is 5.97 Å². The fourth-order valence-electron chi connectivity index (χ4n) is 1.52. The van der Waals surface area contributed by atoms with E-state index in [1.165, 1.54) is 24.4 Å². The first-order valence-corrected chi connectivity index (χ1v) is 6.36. The lowest BCUT2D eigenvalue weighted by Crippen LogP contribution is -2.09. The number of pyridine rings is 1. The van der Waals surface area contributed by atoms with Crippen LogP contribution < -0.4 is 5.32 Å². The molecule has 2 aromatic rings. The number of carboxylic acids is 1. The molecule has 2 N–H and O–H groups in total. The maximum absolute atomic E-state index is 11.7. The van der Waals surface area contributed by atoms with Gasteiger partial charge in [-0.2, -0.15) is 0 Å². The summed E-state index contributed by atoms with van der Waals surface area (Å²) in [5.41, 5.74) is 1.18. The first kappa shape index (κ1) is 14.7. The minimum Gasteiger partial charge on any atom is -0.477 e. The Morgan fingerprint density at radius 1 is 1.14 bits per heavy atom. The Morgan fingerprint density at radius 3 is 2.43 bits per heavy atom. The molecule has 0 unspecified atom stereocenters. The number of aromatic carboxylic acids is 1. The summed E-state index contributed by atoms with van der Waals surface area (Å²) in [6.45, 7) is 0. The summed E-state index contributed by atoms with van der Waals surface area (Å²) in [7, 11) is 0. The van der Waals surface area contributed by atoms with Crippen molar-refractivity contribution in [2.75, 3.05) is 5.32 Å². The van der Waals surface area contributed by atoms with Crippen molar-refractivity contribution >= 4 is 35.2 Å². The number of halogens is 1. The second-order valence-electron chi connectivity index (χ2n) is 4.11. The molecule has 0 saturated carbocycles. The third-order valence-electron chi connectivity index (χ3n) is 2.55. The summed E-state index contributed by atoms with van der Waals surface area (Å²) in [6, 6.07) is 9.83. The number of benzene rings is 1. The van der Waals surface area contributed by atoms with Crippen LogP contribution in [0.3, 0.4) is 0 Å². The molecule has 0 atom stereocenters. The highest BCUT2D eigenvalue weighted by molar-refractivity contribution is 6.30. The number of nitrogens with one attached hydrogen (secondary N) is 1. The Labute approximate surface area is 125 Å². The van der Waals surface area contributed by atoms with E-state index >= 15 is 0 Å². The molecule has 1 aromatic carbocycles. The van der Waals surface area contributed by atoms with Gasteiger partial charge in [0.05, 0.1) is 11.9 Å². The number of aromatic nitrogens is 1. The monoisotopic (exact) mass is 302 g/mol. The molecule has 6 heteroatoms. The standard InChI is InChI=1S/C15H11ClN2O3/c16-11-4-1-10(2-5-11)3-8-14(19)18-12-6-7-13(15(20)21)17-9-12/h1-9H,(H,18,19)(H,20,21)/b8-3+. The third-order valence-corrected chi connectivity index (χ3v) is 2.80. The van der Waals surface area contributed by atoms with Crippen molar-refractivity contribution in [1.29, 1.82) is 0 Å². The van der Waals surface area contributed by atoms with Gasteiger partial charge in [0.15, 0.2) is 0 Å². The second kappa shape index (κ2) is 6.67. The highest BCUT2D eigenvalue weighted by Gasteiger charge is 2.04. The minimum absolute atomic E-state index is 0.0790. The number of rotatable bonds is 4. The van der Waals surface area contributed by atoms with Crippen molar-refractivity contribution in [2.24, 2.45) is 0 Å². The minimum atomic E-state index is -1.12. The van der Waals surface area contributed by atoms with Crippen LogP contribution in [-0.4, -0.2) is 22.0 Å². The zero-order valence-electron chi connectivity index (χ0n) is 10.8. The predicted octanol–water partition coefficient (Wildman–Crippen LogP) is 3.09. The lowest BCUT2D eigenvalue weighted by Gasteiger charge is -2.01. The average Bonchev–Trinajstić information content (AvgIpc) is 2.47. The van der Waals surface area contributed by atoms with Crippen molar-refractivity contribution in [1.82, 2.24) is 4.98 Å². The van der Waals surface area contributed by atoms with E-state index in [1.807, 2.05) is 0 Å². The van der Waals surface area contributed by atoms with Crippen molar-refractivity contribution in [3.8, 4) is 0 Å². The van der Waals surface area contributed by atoms with Crippen LogP contribution in [0.2, 0.25) is 5.02 Å². The average molecular weight is 303 g/mol. The Morgan fingerprint density at radius 2 is 1.86 bits per heavy atom. The molecule has 5 nitrogen and oxygen atoms in total. The van der Waals surface area contributed by atoms with Crippen molar-refractivity contribution in [3.63, 3.8) is 0 Å². The Hall–Kier alpha value is -2.66. The van der Waals surface area contributed by atoms with Gasteiger partial charge in [0.1, 0.15) is 5.69 Å². The van der Waals surface area contributed by atoms with Gasteiger partial charge < -0.3 is 10.4 Å². The molecule has 106 valence electrons. The fourth-order valence-corrected chi connectivity index (χ4v) is 1.65. The molecule has 0 aliphatic heterocycles. The van der Waals surface area contributed by atoms with Crippen LogP contribution in [0, 0.1) is 0 Å². The summed E-state index contributed by atoms with van der Waals surface area (Å²) in [5, 5.41) is 11.9. The topological polar surface area (TPSA) is 79.3 Å². The number of hydrogen-bond acceptors (Lipinski definition) is 3. The SMILES string of the molecule is O=C(/C=C/c1ccc(Cl)cc1)Nc1ccc(C(=O)O)nc1. The van der Waals surface area contributed by atoms with Gasteiger partial charge in [-0.05, 0) is 35.9 Å². The number of anilines is 1. The molecule has 1 heterocycles. The first-order valence-electron chi connectivity index (χ1n) is 5.98. The van der Waals surface area contributed by atoms with Crippen molar-refractivity contribution in [2.45, 2.75) is 0 Å². The van der Waals surface area contributed by atoms with E-state index in [-0.39, 0.29) is 11.6 Å². The molecule has 0 fully saturated rings. The zero-order chi connectivity index (χ0) is 15.2. The smallest absolute Gasteiger partial charge is 0.354 e. The lowest BCUT2D eigenvalue weighted by atomic mass is 10.2. The Balaban J connectivity index is 1.98. The van der Waals surface area contributed by atoms with Gasteiger partial charge in [-0.1, -0.05) is 23.7 Å². The molecule has 2 rings (SSSR count). The normalized spacial score (nSPS) is 10.5. The molecular weight excluding hydrogens is 292 g/mol. The van der Waals surface area contributed by atoms with Gasteiger partial charge >= 0.3 is 5.97 Å². The van der Waals surface area contributed by atoms with Gasteiger partial charge in [0, 0.05) is 11.1 Å². The van der Waals surface area contributed by atoms with E-state index in [1.54, 1.807) is 30.3 Å². The summed E-state index contributed by atoms with van der Waals surface area (Å²) < 4.78 is 0. The quantitative estimate of drug-likeness (QED) is 0.851. The highest BCUT2D eigenvalue weighted by Crippen LogP contribution is 2.11. The van der Waals surface area contributed by atoms with Gasteiger partial charge in [-0.25, -0.2) is 9.78 Å². The van der Waals surface area contributed by atoms with Crippen LogP contribution in [-0.2, 0) is 4.79 Å². The highest BCUT2D eigenvalue weighted by atomic mass is 35.5. The predicted molar refractivity (Wildman–Crippen MR) is 80.3 cm³/mol. The molecule has 0 radical (unpaired) electrons. The van der Waals surface area contributed by atoms with Gasteiger partial charge in [-0.3, -0.25) is 4.79 Å². The number of carboxylic acid groups (broad SMARTS) is 1. The Bertz CT molecular complexity index is 679. The molecule has 0 aliphatic rings. The Kier molecular flexibility index (Phi) is 4.68. The fraction of sp³-hybridized carbons (Fsp3) is 0. The maximum Gasteiger partial charge on any atom is 0.354 e. The molecule has 0 aliphatic carbocycles. The van der Waals surface area contributed by atoms with Crippen molar-refractivity contribution in [3.05, 3.63) is 65.0 Å². The van der Waals surface area contributed by atoms with Crippen molar-refractivity contribution < 1.29 is 14.7 Å². The second-order valence-corrected chi connectivity index (χ2v) is 4.55.